The Morgan fingerprint density at radius 3 is 2.30 bits per heavy atom. The molecule has 47 heavy (non-hydrogen) atoms. The molecule has 0 aliphatic rings. The molecule has 0 fully saturated rings. The first-order valence-electron chi connectivity index (χ1n) is 15.4. The van der Waals surface area contributed by atoms with E-state index < -0.39 is 24.8 Å². The van der Waals surface area contributed by atoms with Crippen LogP contribution >= 0.6 is 31.0 Å². The number of benzene rings is 3. The Bertz CT molecular complexity index is 1450. The monoisotopic (exact) mass is 707 g/mol. The van der Waals surface area contributed by atoms with Gasteiger partial charge in [0.05, 0.1) is 18.3 Å². The van der Waals surface area contributed by atoms with E-state index in [1.54, 1.807) is 32.5 Å². The number of ether oxygens (including phenoxy) is 4. The molecule has 0 spiro atoms. The van der Waals surface area contributed by atoms with Crippen molar-refractivity contribution in [1.82, 2.24) is 5.32 Å². The molecule has 0 saturated heterocycles. The summed E-state index contributed by atoms with van der Waals surface area (Å²) in [5.74, 6) is 0.798. The quantitative estimate of drug-likeness (QED) is 0.0742. The predicted molar refractivity (Wildman–Crippen MR) is 187 cm³/mol. The smallest absolute Gasteiger partial charge is 0.408 e. The highest BCUT2D eigenvalue weighted by Gasteiger charge is 2.37. The number of hydrogen-bond donors (Lipinski definition) is 1. The van der Waals surface area contributed by atoms with Gasteiger partial charge in [-0.15, -0.1) is 0 Å². The van der Waals surface area contributed by atoms with Crippen molar-refractivity contribution in [2.45, 2.75) is 74.0 Å². The zero-order valence-electron chi connectivity index (χ0n) is 28.1. The van der Waals surface area contributed by atoms with Crippen LogP contribution in [0.25, 0.3) is 0 Å². The van der Waals surface area contributed by atoms with E-state index in [1.165, 1.54) is 21.3 Å². The number of alkyl carbamates (subject to hydrolysis) is 1. The fourth-order valence-corrected chi connectivity index (χ4v) is 7.26. The van der Waals surface area contributed by atoms with Crippen LogP contribution in [0.3, 0.4) is 0 Å². The second kappa shape index (κ2) is 18.8. The third-order valence-electron chi connectivity index (χ3n) is 7.18. The second-order valence-electron chi connectivity index (χ2n) is 12.1. The summed E-state index contributed by atoms with van der Waals surface area (Å²) >= 11 is 8.38. The van der Waals surface area contributed by atoms with E-state index in [4.69, 9.17) is 39.6 Å². The average Bonchev–Trinajstić information content (AvgIpc) is 3.03. The van der Waals surface area contributed by atoms with Crippen molar-refractivity contribution in [2.24, 2.45) is 0 Å². The van der Waals surface area contributed by atoms with E-state index in [1.807, 2.05) is 72.8 Å². The second-order valence-corrected chi connectivity index (χ2v) is 16.0. The highest BCUT2D eigenvalue weighted by Crippen LogP contribution is 2.48. The van der Waals surface area contributed by atoms with E-state index >= 15 is 0 Å². The van der Waals surface area contributed by atoms with Gasteiger partial charge in [-0.2, -0.15) is 0 Å². The summed E-state index contributed by atoms with van der Waals surface area (Å²) in [4.78, 5) is 15.0. The van der Waals surface area contributed by atoms with Crippen molar-refractivity contribution in [1.29, 1.82) is 0 Å². The van der Waals surface area contributed by atoms with Crippen molar-refractivity contribution >= 4 is 37.1 Å². The van der Waals surface area contributed by atoms with Crippen molar-refractivity contribution in [2.75, 3.05) is 40.9 Å². The van der Waals surface area contributed by atoms with Gasteiger partial charge >= 0.3 is 13.7 Å². The highest BCUT2D eigenvalue weighted by atomic mass is 35.5. The number of nitrogens with one attached hydrogen (secondary N) is 1. The van der Waals surface area contributed by atoms with Crippen LogP contribution in [-0.2, 0) is 40.9 Å². The number of halogens is 1. The molecule has 0 heterocycles. The van der Waals surface area contributed by atoms with Crippen LogP contribution in [0.5, 0.6) is 5.75 Å². The average molecular weight is 708 g/mol. The SMILES string of the molecule is COCOCC(CCCc1ccc(Sc2cccc(OCc3ccccc3)c2)cc1Cl)(CCP(=O)(OC)OC)NC(=O)OC(C)(C)C. The molecule has 1 atom stereocenters. The minimum Gasteiger partial charge on any atom is -0.489 e. The number of carbonyl (C=O) groups excluding carboxylic acids is 1. The van der Waals surface area contributed by atoms with Gasteiger partial charge in [-0.25, -0.2) is 4.79 Å². The largest absolute Gasteiger partial charge is 0.489 e. The number of hydrogen-bond acceptors (Lipinski definition) is 9. The molecule has 0 aliphatic heterocycles. The van der Waals surface area contributed by atoms with Gasteiger partial charge in [-0.3, -0.25) is 4.57 Å². The molecule has 3 aromatic rings. The lowest BCUT2D eigenvalue weighted by Crippen LogP contribution is -2.54. The molecule has 0 radical (unpaired) electrons. The zero-order chi connectivity index (χ0) is 34.3. The number of carbonyl (C=O) groups is 1. The summed E-state index contributed by atoms with van der Waals surface area (Å²) in [5.41, 5.74) is 0.433. The molecule has 258 valence electrons. The summed E-state index contributed by atoms with van der Waals surface area (Å²) in [5, 5.41) is 3.66. The standard InChI is InChI=1S/C35H47ClNO8PS/c1-34(2,3)45-33(38)37-35(25-43-26-40-4,20-21-46(39,41-5)42-6)19-11-14-28-17-18-31(23-32(28)36)47-30-16-10-15-29(22-30)44-24-27-12-8-7-9-13-27/h7-10,12-13,15-18,22-23H,11,14,19-21,24-26H2,1-6H3,(H,37,38). The van der Waals surface area contributed by atoms with Gasteiger partial charge in [0.15, 0.2) is 0 Å². The lowest BCUT2D eigenvalue weighted by molar-refractivity contribution is -0.0571. The van der Waals surface area contributed by atoms with Crippen LogP contribution in [0.4, 0.5) is 4.79 Å². The van der Waals surface area contributed by atoms with Crippen LogP contribution in [0, 0.1) is 0 Å². The Kier molecular flexibility index (Phi) is 15.6. The van der Waals surface area contributed by atoms with Crippen molar-refractivity contribution in [3.05, 3.63) is 88.9 Å². The van der Waals surface area contributed by atoms with Crippen molar-refractivity contribution < 1.29 is 37.4 Å². The number of amides is 1. The highest BCUT2D eigenvalue weighted by molar-refractivity contribution is 7.99. The van der Waals surface area contributed by atoms with Gasteiger partial charge in [0.1, 0.15) is 24.8 Å². The molecule has 9 nitrogen and oxygen atoms in total. The van der Waals surface area contributed by atoms with Gasteiger partial charge in [0.25, 0.3) is 0 Å². The van der Waals surface area contributed by atoms with Gasteiger partial charge in [0, 0.05) is 36.1 Å². The summed E-state index contributed by atoms with van der Waals surface area (Å²) < 4.78 is 45.7. The molecular weight excluding hydrogens is 661 g/mol. The Morgan fingerprint density at radius 1 is 0.915 bits per heavy atom. The molecule has 1 N–H and O–H groups in total. The molecule has 0 saturated carbocycles. The summed E-state index contributed by atoms with van der Waals surface area (Å²) in [6.07, 6.45) is 1.48. The topological polar surface area (TPSA) is 102 Å². The summed E-state index contributed by atoms with van der Waals surface area (Å²) in [6, 6.07) is 24.1. The number of methoxy groups -OCH3 is 1. The summed E-state index contributed by atoms with van der Waals surface area (Å²) in [6.45, 7) is 6.00. The molecule has 0 bridgehead atoms. The maximum absolute atomic E-state index is 13.0. The third kappa shape index (κ3) is 13.8. The van der Waals surface area contributed by atoms with Crippen molar-refractivity contribution in [3.63, 3.8) is 0 Å². The maximum Gasteiger partial charge on any atom is 0.408 e. The van der Waals surface area contributed by atoms with E-state index in [0.717, 1.165) is 26.7 Å². The molecule has 0 aliphatic carbocycles. The van der Waals surface area contributed by atoms with Gasteiger partial charge in [-0.1, -0.05) is 65.8 Å². The minimum absolute atomic E-state index is 0.0248. The third-order valence-corrected chi connectivity index (χ3v) is 10.4. The fourth-order valence-electron chi connectivity index (χ4n) is 4.79. The van der Waals surface area contributed by atoms with Gasteiger partial charge in [0.2, 0.25) is 0 Å². The van der Waals surface area contributed by atoms with E-state index in [0.29, 0.717) is 30.9 Å². The van der Waals surface area contributed by atoms with E-state index in [2.05, 4.69) is 5.32 Å². The first kappa shape index (κ1) is 38.9. The van der Waals surface area contributed by atoms with Crippen molar-refractivity contribution in [3.8, 4) is 5.75 Å². The Morgan fingerprint density at radius 2 is 1.64 bits per heavy atom. The predicted octanol–water partition coefficient (Wildman–Crippen LogP) is 9.15. The van der Waals surface area contributed by atoms with Gasteiger partial charge < -0.3 is 33.3 Å². The Labute approximate surface area is 288 Å². The summed E-state index contributed by atoms with van der Waals surface area (Å²) in [7, 11) is 0.841. The number of aryl methyl sites for hydroxylation is 1. The molecule has 0 aromatic heterocycles. The van der Waals surface area contributed by atoms with Crippen LogP contribution < -0.4 is 10.1 Å². The Hall–Kier alpha value is -2.56. The molecule has 3 aromatic carbocycles. The first-order valence-corrected chi connectivity index (χ1v) is 18.3. The van der Waals surface area contributed by atoms with Crippen LogP contribution in [0.2, 0.25) is 5.02 Å². The molecule has 1 amide bonds. The minimum atomic E-state index is -3.37. The lowest BCUT2D eigenvalue weighted by Gasteiger charge is -2.36. The van der Waals surface area contributed by atoms with Crippen LogP contribution in [0.1, 0.15) is 51.2 Å². The van der Waals surface area contributed by atoms with E-state index in [9.17, 15) is 9.36 Å². The molecule has 12 heteroatoms. The molecule has 1 unspecified atom stereocenters. The zero-order valence-corrected chi connectivity index (χ0v) is 30.6. The van der Waals surface area contributed by atoms with Gasteiger partial charge in [-0.05, 0) is 87.9 Å². The Balaban J connectivity index is 1.70. The molecular formula is C35H47ClNO8PS. The lowest BCUT2D eigenvalue weighted by atomic mass is 9.89. The first-order chi connectivity index (χ1) is 22.4. The maximum atomic E-state index is 13.0. The fraction of sp³-hybridized carbons (Fsp3) is 0.457. The van der Waals surface area contributed by atoms with E-state index in [-0.39, 0.29) is 26.0 Å². The van der Waals surface area contributed by atoms with Crippen LogP contribution in [0.15, 0.2) is 82.6 Å². The normalized spacial score (nSPS) is 13.2. The van der Waals surface area contributed by atoms with Crippen LogP contribution in [-0.4, -0.2) is 58.1 Å². The molecule has 3 rings (SSSR count). The number of rotatable bonds is 19.